The first kappa shape index (κ1) is 18.1. The highest BCUT2D eigenvalue weighted by atomic mass is 16.6. The van der Waals surface area contributed by atoms with Crippen molar-refractivity contribution in [2.75, 3.05) is 7.11 Å². The fourth-order valence-electron chi connectivity index (χ4n) is 2.47. The van der Waals surface area contributed by atoms with E-state index in [1.807, 2.05) is 0 Å². The number of benzene rings is 2. The van der Waals surface area contributed by atoms with Crippen LogP contribution in [-0.2, 0) is 9.53 Å². The van der Waals surface area contributed by atoms with E-state index in [1.165, 1.54) is 13.3 Å². The van der Waals surface area contributed by atoms with E-state index in [1.54, 1.807) is 55.5 Å². The Labute approximate surface area is 153 Å². The van der Waals surface area contributed by atoms with E-state index in [0.717, 1.165) is 4.68 Å². The minimum absolute atomic E-state index is 0.359. The summed E-state index contributed by atoms with van der Waals surface area (Å²) in [4.78, 5) is 38.6. The number of para-hydroxylation sites is 1. The molecule has 0 bridgehead atoms. The lowest BCUT2D eigenvalue weighted by Gasteiger charge is -2.12. The van der Waals surface area contributed by atoms with Gasteiger partial charge in [-0.25, -0.2) is 9.59 Å². The van der Waals surface area contributed by atoms with Crippen molar-refractivity contribution in [2.24, 2.45) is 5.10 Å². The zero-order valence-electron chi connectivity index (χ0n) is 14.7. The lowest BCUT2D eigenvalue weighted by Crippen LogP contribution is -2.32. The molecule has 1 N–H and O–H groups in total. The Kier molecular flexibility index (Phi) is 5.16. The van der Waals surface area contributed by atoms with Crippen LogP contribution < -0.4 is 16.0 Å². The maximum atomic E-state index is 12.4. The van der Waals surface area contributed by atoms with Crippen LogP contribution in [0.15, 0.2) is 63.2 Å². The van der Waals surface area contributed by atoms with Crippen LogP contribution in [-0.4, -0.2) is 35.1 Å². The van der Waals surface area contributed by atoms with Crippen molar-refractivity contribution in [1.82, 2.24) is 9.66 Å². The number of rotatable bonds is 5. The van der Waals surface area contributed by atoms with Gasteiger partial charge in [0.25, 0.3) is 5.56 Å². The molecule has 0 amide bonds. The molecule has 0 radical (unpaired) electrons. The maximum absolute atomic E-state index is 12.4. The van der Waals surface area contributed by atoms with Gasteiger partial charge in [0.2, 0.25) is 0 Å². The molecule has 0 saturated heterocycles. The van der Waals surface area contributed by atoms with Gasteiger partial charge >= 0.3 is 11.7 Å². The molecule has 1 aromatic heterocycles. The SMILES string of the molecule is COC(=O)[C@H](C)Oc1cccc(C=Nn2c(=O)[nH]c3ccccc3c2=O)c1. The highest BCUT2D eigenvalue weighted by Crippen LogP contribution is 2.14. The molecule has 0 aliphatic heterocycles. The van der Waals surface area contributed by atoms with Gasteiger partial charge in [0.15, 0.2) is 6.10 Å². The molecule has 0 fully saturated rings. The Hall–Kier alpha value is -3.68. The van der Waals surface area contributed by atoms with Gasteiger partial charge in [-0.3, -0.25) is 4.79 Å². The molecule has 1 heterocycles. The summed E-state index contributed by atoms with van der Waals surface area (Å²) in [5.41, 5.74) is -0.117. The van der Waals surface area contributed by atoms with Crippen LogP contribution in [0.1, 0.15) is 12.5 Å². The van der Waals surface area contributed by atoms with E-state index in [4.69, 9.17) is 4.74 Å². The first-order valence-corrected chi connectivity index (χ1v) is 8.12. The summed E-state index contributed by atoms with van der Waals surface area (Å²) >= 11 is 0. The average molecular weight is 367 g/mol. The Morgan fingerprint density at radius 3 is 2.74 bits per heavy atom. The summed E-state index contributed by atoms with van der Waals surface area (Å²) in [6.07, 6.45) is 0.592. The molecule has 27 heavy (non-hydrogen) atoms. The first-order chi connectivity index (χ1) is 13.0. The summed E-state index contributed by atoms with van der Waals surface area (Å²) in [6, 6.07) is 13.4. The second-order valence-electron chi connectivity index (χ2n) is 5.69. The van der Waals surface area contributed by atoms with Gasteiger partial charge < -0.3 is 14.5 Å². The third-order valence-corrected chi connectivity index (χ3v) is 3.81. The highest BCUT2D eigenvalue weighted by molar-refractivity contribution is 5.81. The quantitative estimate of drug-likeness (QED) is 0.544. The second kappa shape index (κ2) is 7.69. The predicted molar refractivity (Wildman–Crippen MR) is 100 cm³/mol. The minimum Gasteiger partial charge on any atom is -0.479 e. The fourth-order valence-corrected chi connectivity index (χ4v) is 2.47. The molecular weight excluding hydrogens is 350 g/mol. The van der Waals surface area contributed by atoms with Crippen LogP contribution in [0.25, 0.3) is 10.9 Å². The molecule has 1 atom stereocenters. The van der Waals surface area contributed by atoms with Crippen molar-refractivity contribution >= 4 is 23.1 Å². The number of carbonyl (C=O) groups excluding carboxylic acids is 1. The van der Waals surface area contributed by atoms with E-state index in [-0.39, 0.29) is 0 Å². The van der Waals surface area contributed by atoms with E-state index in [2.05, 4.69) is 14.8 Å². The number of nitrogens with one attached hydrogen (secondary N) is 1. The second-order valence-corrected chi connectivity index (χ2v) is 5.69. The standard InChI is InChI=1S/C19H17N3O5/c1-12(18(24)26-2)27-14-7-5-6-13(10-14)11-20-22-17(23)15-8-3-4-9-16(15)21-19(22)25/h3-12H,1-2H3,(H,21,25)/t12-/m0/s1. The molecule has 0 aliphatic rings. The van der Waals surface area contributed by atoms with E-state index >= 15 is 0 Å². The van der Waals surface area contributed by atoms with Gasteiger partial charge in [-0.2, -0.15) is 5.10 Å². The smallest absolute Gasteiger partial charge is 0.349 e. The Bertz CT molecular complexity index is 1130. The number of fused-ring (bicyclic) bond motifs is 1. The number of H-pyrrole nitrogens is 1. The molecule has 138 valence electrons. The van der Waals surface area contributed by atoms with Crippen molar-refractivity contribution in [3.63, 3.8) is 0 Å². The number of hydrogen-bond donors (Lipinski definition) is 1. The Morgan fingerprint density at radius 2 is 1.96 bits per heavy atom. The van der Waals surface area contributed by atoms with Crippen LogP contribution in [0.4, 0.5) is 0 Å². The minimum atomic E-state index is -0.770. The molecule has 8 nitrogen and oxygen atoms in total. The number of aromatic amines is 1. The van der Waals surface area contributed by atoms with Crippen molar-refractivity contribution in [2.45, 2.75) is 13.0 Å². The number of methoxy groups -OCH3 is 1. The summed E-state index contributed by atoms with van der Waals surface area (Å²) in [5.74, 6) is -0.0695. The lowest BCUT2D eigenvalue weighted by atomic mass is 10.2. The Balaban J connectivity index is 1.90. The number of nitrogens with zero attached hydrogens (tertiary/aromatic N) is 2. The monoisotopic (exact) mass is 367 g/mol. The van der Waals surface area contributed by atoms with Crippen LogP contribution >= 0.6 is 0 Å². The van der Waals surface area contributed by atoms with Crippen LogP contribution in [0.3, 0.4) is 0 Å². The molecule has 8 heteroatoms. The highest BCUT2D eigenvalue weighted by Gasteiger charge is 2.14. The normalized spacial score (nSPS) is 12.2. The lowest BCUT2D eigenvalue weighted by molar-refractivity contribution is -0.147. The number of hydrogen-bond acceptors (Lipinski definition) is 6. The topological polar surface area (TPSA) is 103 Å². The molecule has 0 unspecified atom stereocenters. The molecule has 3 aromatic rings. The van der Waals surface area contributed by atoms with Gasteiger partial charge in [0, 0.05) is 0 Å². The predicted octanol–water partition coefficient (Wildman–Crippen LogP) is 1.51. The molecule has 3 rings (SSSR count). The van der Waals surface area contributed by atoms with Crippen molar-refractivity contribution in [3.8, 4) is 5.75 Å². The van der Waals surface area contributed by atoms with Gasteiger partial charge in [-0.05, 0) is 36.8 Å². The van der Waals surface area contributed by atoms with Gasteiger partial charge in [0.05, 0.1) is 24.2 Å². The summed E-state index contributed by atoms with van der Waals surface area (Å²) in [7, 11) is 1.28. The zero-order valence-corrected chi connectivity index (χ0v) is 14.7. The third kappa shape index (κ3) is 3.95. The van der Waals surface area contributed by atoms with E-state index < -0.39 is 23.3 Å². The number of aromatic nitrogens is 2. The summed E-state index contributed by atoms with van der Waals surface area (Å²) in [5, 5.41) is 4.34. The number of ether oxygens (including phenoxy) is 2. The molecular formula is C19H17N3O5. The van der Waals surface area contributed by atoms with E-state index in [9.17, 15) is 14.4 Å². The van der Waals surface area contributed by atoms with Crippen LogP contribution in [0.2, 0.25) is 0 Å². The first-order valence-electron chi connectivity index (χ1n) is 8.12. The molecule has 0 spiro atoms. The largest absolute Gasteiger partial charge is 0.479 e. The van der Waals surface area contributed by atoms with Crippen molar-refractivity contribution in [3.05, 3.63) is 74.9 Å². The maximum Gasteiger partial charge on any atom is 0.349 e. The Morgan fingerprint density at radius 1 is 1.19 bits per heavy atom. The van der Waals surface area contributed by atoms with Crippen molar-refractivity contribution in [1.29, 1.82) is 0 Å². The van der Waals surface area contributed by atoms with Gasteiger partial charge in [0.1, 0.15) is 5.75 Å². The average Bonchev–Trinajstić information content (AvgIpc) is 2.67. The van der Waals surface area contributed by atoms with Gasteiger partial charge in [-0.15, -0.1) is 4.68 Å². The van der Waals surface area contributed by atoms with Gasteiger partial charge in [-0.1, -0.05) is 24.3 Å². The molecule has 0 saturated carbocycles. The zero-order chi connectivity index (χ0) is 19.4. The van der Waals surface area contributed by atoms with Crippen molar-refractivity contribution < 1.29 is 14.3 Å². The molecule has 0 aliphatic carbocycles. The fraction of sp³-hybridized carbons (Fsp3) is 0.158. The van der Waals surface area contributed by atoms with Crippen LogP contribution in [0, 0.1) is 0 Å². The summed E-state index contributed by atoms with van der Waals surface area (Å²) < 4.78 is 10.9. The number of esters is 1. The van der Waals surface area contributed by atoms with Crippen LogP contribution in [0.5, 0.6) is 5.75 Å². The third-order valence-electron chi connectivity index (χ3n) is 3.81. The molecule has 2 aromatic carbocycles. The number of carbonyl (C=O) groups is 1. The van der Waals surface area contributed by atoms with E-state index in [0.29, 0.717) is 22.2 Å². The summed E-state index contributed by atoms with van der Waals surface area (Å²) in [6.45, 7) is 1.57.